The molecule has 0 saturated carbocycles. The summed E-state index contributed by atoms with van der Waals surface area (Å²) in [7, 11) is 0. The lowest BCUT2D eigenvalue weighted by Gasteiger charge is -1.90. The topological polar surface area (TPSA) is 0 Å². The fourth-order valence-corrected chi connectivity index (χ4v) is 1.23. The van der Waals surface area contributed by atoms with E-state index in [0.29, 0.717) is 0 Å². The highest BCUT2D eigenvalue weighted by Gasteiger charge is 1.81. The van der Waals surface area contributed by atoms with Crippen molar-refractivity contribution in [1.29, 1.82) is 0 Å². The van der Waals surface area contributed by atoms with Gasteiger partial charge in [-0.05, 0) is 32.4 Å². The summed E-state index contributed by atoms with van der Waals surface area (Å²) in [4.78, 5) is 0. The first-order chi connectivity index (χ1) is 7.18. The largest absolute Gasteiger partial charge is 0.0622 e. The molecule has 0 unspecified atom stereocenters. The number of benzene rings is 2. The summed E-state index contributed by atoms with van der Waals surface area (Å²) in [6.45, 7) is 7.87. The van der Waals surface area contributed by atoms with E-state index in [-0.39, 0.29) is 0 Å². The number of aryl methyl sites for hydroxylation is 2. The third-order valence-electron chi connectivity index (χ3n) is 1.92. The predicted molar refractivity (Wildman–Crippen MR) is 65.7 cm³/mol. The first-order valence-electron chi connectivity index (χ1n) is 5.00. The highest BCUT2D eigenvalue weighted by molar-refractivity contribution is 5.19. The molecule has 0 nitrogen and oxygen atoms in total. The van der Waals surface area contributed by atoms with Crippen LogP contribution in [-0.4, -0.2) is 0 Å². The highest BCUT2D eigenvalue weighted by Crippen LogP contribution is 1.99. The molecule has 0 bridgehead atoms. The monoisotopic (exact) mass is 196 g/mol. The Morgan fingerprint density at radius 2 is 1.47 bits per heavy atom. The van der Waals surface area contributed by atoms with Crippen LogP contribution in [0.1, 0.15) is 16.7 Å². The van der Waals surface area contributed by atoms with Gasteiger partial charge in [0.15, 0.2) is 0 Å². The molecular weight excluding hydrogens is 180 g/mol. The second-order valence-electron chi connectivity index (χ2n) is 3.57. The van der Waals surface area contributed by atoms with Gasteiger partial charge in [-0.3, -0.25) is 0 Å². The van der Waals surface area contributed by atoms with Crippen LogP contribution in [-0.2, 0) is 0 Å². The van der Waals surface area contributed by atoms with E-state index in [1.54, 1.807) is 0 Å². The summed E-state index contributed by atoms with van der Waals surface area (Å²) in [6.07, 6.45) is 0. The first-order valence-corrected chi connectivity index (χ1v) is 5.00. The zero-order chi connectivity index (χ0) is 11.1. The normalized spacial score (nSPS) is 9.00. The van der Waals surface area contributed by atoms with Gasteiger partial charge in [0.1, 0.15) is 0 Å². The maximum Gasteiger partial charge on any atom is -0.0179 e. The lowest BCUT2D eigenvalue weighted by Crippen LogP contribution is -1.72. The minimum Gasteiger partial charge on any atom is -0.0622 e. The van der Waals surface area contributed by atoms with Crippen LogP contribution in [0, 0.1) is 26.8 Å². The molecule has 0 aliphatic rings. The van der Waals surface area contributed by atoms with Crippen molar-refractivity contribution >= 4 is 0 Å². The zero-order valence-electron chi connectivity index (χ0n) is 9.33. The van der Waals surface area contributed by atoms with Crippen LogP contribution < -0.4 is 0 Å². The molecule has 0 N–H and O–H groups in total. The number of rotatable bonds is 0. The van der Waals surface area contributed by atoms with Gasteiger partial charge in [0, 0.05) is 0 Å². The van der Waals surface area contributed by atoms with Gasteiger partial charge in [0.2, 0.25) is 0 Å². The molecule has 2 radical (unpaired) electrons. The van der Waals surface area contributed by atoms with Crippen LogP contribution in [0.2, 0.25) is 0 Å². The van der Waals surface area contributed by atoms with Crippen molar-refractivity contribution in [2.45, 2.75) is 13.8 Å². The summed E-state index contributed by atoms with van der Waals surface area (Å²) in [5.74, 6) is 0. The second-order valence-corrected chi connectivity index (χ2v) is 3.57. The third-order valence-corrected chi connectivity index (χ3v) is 1.92. The van der Waals surface area contributed by atoms with Gasteiger partial charge in [0.05, 0.1) is 0 Å². The molecule has 2 aromatic carbocycles. The summed E-state index contributed by atoms with van der Waals surface area (Å²) < 4.78 is 0. The molecule has 0 heterocycles. The minimum absolute atomic E-state index is 1.07. The molecule has 0 aliphatic heterocycles. The lowest BCUT2D eigenvalue weighted by atomic mass is 10.2. The smallest absolute Gasteiger partial charge is 0.0179 e. The van der Waals surface area contributed by atoms with E-state index < -0.39 is 0 Å². The Labute approximate surface area is 92.6 Å². The Bertz CT molecular complexity index is 371. The predicted octanol–water partition coefficient (Wildman–Crippen LogP) is 3.97. The van der Waals surface area contributed by atoms with E-state index in [4.69, 9.17) is 0 Å². The van der Waals surface area contributed by atoms with Crippen molar-refractivity contribution in [3.05, 3.63) is 78.2 Å². The fraction of sp³-hybridized carbons (Fsp3) is 0.133. The molecule has 0 aromatic heterocycles. The van der Waals surface area contributed by atoms with Gasteiger partial charge >= 0.3 is 0 Å². The summed E-state index contributed by atoms with van der Waals surface area (Å²) >= 11 is 0. The Hall–Kier alpha value is -1.56. The molecule has 0 aliphatic carbocycles. The molecule has 0 fully saturated rings. The molecule has 2 rings (SSSR count). The Morgan fingerprint density at radius 1 is 0.933 bits per heavy atom. The van der Waals surface area contributed by atoms with Crippen molar-refractivity contribution in [3.8, 4) is 0 Å². The van der Waals surface area contributed by atoms with Gasteiger partial charge in [-0.25, -0.2) is 0 Å². The van der Waals surface area contributed by atoms with Crippen LogP contribution >= 0.6 is 0 Å². The van der Waals surface area contributed by atoms with Gasteiger partial charge in [0.25, 0.3) is 0 Å². The maximum absolute atomic E-state index is 3.72. The molecule has 0 heteroatoms. The van der Waals surface area contributed by atoms with Gasteiger partial charge < -0.3 is 0 Å². The maximum atomic E-state index is 3.72. The highest BCUT2D eigenvalue weighted by atomic mass is 13.9. The Kier molecular flexibility index (Phi) is 4.62. The van der Waals surface area contributed by atoms with Crippen LogP contribution in [0.15, 0.2) is 48.5 Å². The van der Waals surface area contributed by atoms with E-state index in [9.17, 15) is 0 Å². The average Bonchev–Trinajstić information content (AvgIpc) is 2.19. The molecule has 0 atom stereocenters. The third kappa shape index (κ3) is 5.02. The van der Waals surface area contributed by atoms with Gasteiger partial charge in [-0.2, -0.15) is 0 Å². The zero-order valence-corrected chi connectivity index (χ0v) is 9.33. The van der Waals surface area contributed by atoms with Gasteiger partial charge in [-0.15, -0.1) is 0 Å². The van der Waals surface area contributed by atoms with Crippen molar-refractivity contribution < 1.29 is 0 Å². The summed E-state index contributed by atoms with van der Waals surface area (Å²) in [5, 5.41) is 0. The van der Waals surface area contributed by atoms with E-state index in [1.165, 1.54) is 11.1 Å². The minimum atomic E-state index is 1.07. The molecular formula is C15H16. The molecule has 0 amide bonds. The summed E-state index contributed by atoms with van der Waals surface area (Å²) in [6, 6.07) is 19.0. The standard InChI is InChI=1S/C8H9.C7H7/c1-7-4-3-5-8(2)6-7;1-7-5-3-2-4-6-7/h4-6H,1-2H3;2-6H,1H2. The average molecular weight is 196 g/mol. The van der Waals surface area contributed by atoms with Crippen molar-refractivity contribution in [1.82, 2.24) is 0 Å². The SMILES string of the molecule is Cc1c[c]cc(C)c1.[CH2]c1ccccc1. The number of hydrogen-bond donors (Lipinski definition) is 0. The van der Waals surface area contributed by atoms with Crippen LogP contribution in [0.5, 0.6) is 0 Å². The quantitative estimate of drug-likeness (QED) is 0.598. The van der Waals surface area contributed by atoms with E-state index in [1.807, 2.05) is 42.5 Å². The van der Waals surface area contributed by atoms with E-state index in [2.05, 4.69) is 32.9 Å². The Morgan fingerprint density at radius 3 is 1.73 bits per heavy atom. The fourth-order valence-electron chi connectivity index (χ4n) is 1.23. The van der Waals surface area contributed by atoms with E-state index in [0.717, 1.165) is 5.56 Å². The van der Waals surface area contributed by atoms with Gasteiger partial charge in [-0.1, -0.05) is 59.7 Å². The van der Waals surface area contributed by atoms with Crippen molar-refractivity contribution in [3.63, 3.8) is 0 Å². The van der Waals surface area contributed by atoms with Crippen LogP contribution in [0.4, 0.5) is 0 Å². The molecule has 0 saturated heterocycles. The molecule has 15 heavy (non-hydrogen) atoms. The number of hydrogen-bond acceptors (Lipinski definition) is 0. The summed E-state index contributed by atoms with van der Waals surface area (Å²) in [5.41, 5.74) is 3.64. The first kappa shape index (κ1) is 11.5. The Balaban J connectivity index is 0.000000151. The van der Waals surface area contributed by atoms with Crippen molar-refractivity contribution in [2.24, 2.45) is 0 Å². The van der Waals surface area contributed by atoms with Crippen LogP contribution in [0.25, 0.3) is 0 Å². The molecule has 0 spiro atoms. The van der Waals surface area contributed by atoms with Crippen LogP contribution in [0.3, 0.4) is 0 Å². The van der Waals surface area contributed by atoms with E-state index >= 15 is 0 Å². The second kappa shape index (κ2) is 6.02. The molecule has 2 aromatic rings. The lowest BCUT2D eigenvalue weighted by molar-refractivity contribution is 1.38. The molecule has 76 valence electrons. The van der Waals surface area contributed by atoms with Crippen molar-refractivity contribution in [2.75, 3.05) is 0 Å².